The van der Waals surface area contributed by atoms with Gasteiger partial charge in [-0.05, 0) is 12.1 Å². The van der Waals surface area contributed by atoms with Crippen molar-refractivity contribution in [2.75, 3.05) is 31.1 Å². The Hall–Kier alpha value is -0.710. The Morgan fingerprint density at radius 1 is 1.33 bits per heavy atom. The zero-order chi connectivity index (χ0) is 13.0. The van der Waals surface area contributed by atoms with E-state index in [0.29, 0.717) is 17.0 Å². The second-order valence-corrected chi connectivity index (χ2v) is 6.51. The van der Waals surface area contributed by atoms with Crippen molar-refractivity contribution in [1.29, 1.82) is 0 Å². The average molecular weight is 286 g/mol. The molecule has 2 rings (SSSR count). The molecule has 0 aliphatic carbocycles. The molecule has 1 fully saturated rings. The molecule has 1 aromatic rings. The van der Waals surface area contributed by atoms with Crippen molar-refractivity contribution in [1.82, 2.24) is 4.90 Å². The molecule has 0 aromatic heterocycles. The molecule has 0 bridgehead atoms. The molecule has 0 radical (unpaired) electrons. The molecule has 0 unspecified atom stereocenters. The number of hydrogen-bond donors (Lipinski definition) is 0. The summed E-state index contributed by atoms with van der Waals surface area (Å²) in [5, 5.41) is 0.592. The van der Waals surface area contributed by atoms with Gasteiger partial charge in [0.2, 0.25) is 0 Å². The smallest absolute Gasteiger partial charge is 0.164 e. The second-order valence-electron chi connectivity index (χ2n) is 4.37. The molecule has 3 nitrogen and oxygen atoms in total. The van der Waals surface area contributed by atoms with Crippen LogP contribution in [0.15, 0.2) is 24.3 Å². The molecule has 98 valence electrons. The third-order valence-electron chi connectivity index (χ3n) is 3.07. The molecular weight excluding hydrogens is 270 g/mol. The van der Waals surface area contributed by atoms with Crippen molar-refractivity contribution in [3.05, 3.63) is 34.9 Å². The van der Waals surface area contributed by atoms with Crippen LogP contribution in [-0.4, -0.2) is 46.0 Å². The number of nitrogens with zero attached hydrogens (tertiary/aromatic N) is 1. The van der Waals surface area contributed by atoms with Crippen LogP contribution in [0.25, 0.3) is 0 Å². The fraction of sp³-hybridized carbons (Fsp3) is 0.462. The van der Waals surface area contributed by atoms with E-state index in [2.05, 4.69) is 4.90 Å². The van der Waals surface area contributed by atoms with Gasteiger partial charge in [-0.1, -0.05) is 23.7 Å². The Morgan fingerprint density at radius 2 is 2.06 bits per heavy atom. The normalized spacial score (nSPS) is 17.8. The molecular formula is C13H16ClNO2S. The van der Waals surface area contributed by atoms with Crippen molar-refractivity contribution in [3.8, 4) is 0 Å². The molecule has 0 spiro atoms. The van der Waals surface area contributed by atoms with Crippen molar-refractivity contribution in [2.45, 2.75) is 6.42 Å². The summed E-state index contributed by atoms with van der Waals surface area (Å²) < 4.78 is 11.2. The topological polar surface area (TPSA) is 37.4 Å². The van der Waals surface area contributed by atoms with Crippen LogP contribution < -0.4 is 0 Å². The van der Waals surface area contributed by atoms with Crippen LogP contribution in [-0.2, 0) is 10.8 Å². The predicted molar refractivity (Wildman–Crippen MR) is 74.7 cm³/mol. The van der Waals surface area contributed by atoms with Gasteiger partial charge in [-0.2, -0.15) is 0 Å². The molecule has 18 heavy (non-hydrogen) atoms. The molecule has 1 aliphatic rings. The lowest BCUT2D eigenvalue weighted by atomic mass is 10.1. The SMILES string of the molecule is O=C(CCN1CCS(=O)CC1)c1cccc(Cl)c1. The average Bonchev–Trinajstić information content (AvgIpc) is 2.38. The quantitative estimate of drug-likeness (QED) is 0.794. The van der Waals surface area contributed by atoms with E-state index in [4.69, 9.17) is 11.6 Å². The number of halogens is 1. The van der Waals surface area contributed by atoms with Gasteiger partial charge >= 0.3 is 0 Å². The molecule has 0 N–H and O–H groups in total. The van der Waals surface area contributed by atoms with E-state index in [9.17, 15) is 9.00 Å². The van der Waals surface area contributed by atoms with Gasteiger partial charge < -0.3 is 4.90 Å². The van der Waals surface area contributed by atoms with Gasteiger partial charge in [-0.15, -0.1) is 0 Å². The highest BCUT2D eigenvalue weighted by molar-refractivity contribution is 7.85. The lowest BCUT2D eigenvalue weighted by molar-refractivity contribution is 0.0966. The third kappa shape index (κ3) is 3.90. The first-order valence-corrected chi connectivity index (χ1v) is 7.88. The molecule has 5 heteroatoms. The fourth-order valence-corrected chi connectivity index (χ4v) is 3.28. The van der Waals surface area contributed by atoms with E-state index in [-0.39, 0.29) is 5.78 Å². The van der Waals surface area contributed by atoms with Gasteiger partial charge in [-0.25, -0.2) is 0 Å². The highest BCUT2D eigenvalue weighted by Crippen LogP contribution is 2.13. The molecule has 0 amide bonds. The zero-order valence-corrected chi connectivity index (χ0v) is 11.7. The maximum absolute atomic E-state index is 12.0. The van der Waals surface area contributed by atoms with Crippen LogP contribution in [0.4, 0.5) is 0 Å². The summed E-state index contributed by atoms with van der Waals surface area (Å²) in [6.07, 6.45) is 0.493. The van der Waals surface area contributed by atoms with Gasteiger partial charge in [0.05, 0.1) is 0 Å². The van der Waals surface area contributed by atoms with Gasteiger partial charge in [0.1, 0.15) is 0 Å². The zero-order valence-electron chi connectivity index (χ0n) is 10.1. The van der Waals surface area contributed by atoms with Crippen molar-refractivity contribution >= 4 is 28.2 Å². The van der Waals surface area contributed by atoms with Gasteiger partial charge in [0, 0.05) is 58.9 Å². The monoisotopic (exact) mass is 285 g/mol. The van der Waals surface area contributed by atoms with E-state index in [1.54, 1.807) is 24.3 Å². The van der Waals surface area contributed by atoms with E-state index < -0.39 is 10.8 Å². The highest BCUT2D eigenvalue weighted by atomic mass is 35.5. The summed E-state index contributed by atoms with van der Waals surface area (Å²) in [6, 6.07) is 7.05. The lowest BCUT2D eigenvalue weighted by Crippen LogP contribution is -2.38. The second kappa shape index (κ2) is 6.45. The summed E-state index contributed by atoms with van der Waals surface area (Å²) in [5.74, 6) is 1.57. The van der Waals surface area contributed by atoms with Crippen LogP contribution in [0.2, 0.25) is 5.02 Å². The summed E-state index contributed by atoms with van der Waals surface area (Å²) in [5.41, 5.74) is 0.670. The van der Waals surface area contributed by atoms with Crippen LogP contribution in [0.5, 0.6) is 0 Å². The van der Waals surface area contributed by atoms with E-state index in [1.807, 2.05) is 0 Å². The predicted octanol–water partition coefficient (Wildman–Crippen LogP) is 1.98. The van der Waals surface area contributed by atoms with Crippen LogP contribution in [0.3, 0.4) is 0 Å². The summed E-state index contributed by atoms with van der Waals surface area (Å²) >= 11 is 5.86. The first kappa shape index (κ1) is 13.7. The minimum atomic E-state index is -0.658. The molecule has 1 saturated heterocycles. The number of ketones is 1. The molecule has 1 aliphatic heterocycles. The molecule has 0 atom stereocenters. The summed E-state index contributed by atoms with van der Waals surface area (Å²) in [4.78, 5) is 14.2. The molecule has 0 saturated carbocycles. The maximum Gasteiger partial charge on any atom is 0.164 e. The van der Waals surface area contributed by atoms with Crippen LogP contribution in [0.1, 0.15) is 16.8 Å². The standard InChI is InChI=1S/C13H16ClNO2S/c14-12-3-1-2-11(10-12)13(16)4-5-15-6-8-18(17)9-7-15/h1-3,10H,4-9H2. The first-order chi connectivity index (χ1) is 8.65. The third-order valence-corrected chi connectivity index (χ3v) is 4.58. The minimum Gasteiger partial charge on any atom is -0.301 e. The highest BCUT2D eigenvalue weighted by Gasteiger charge is 2.16. The van der Waals surface area contributed by atoms with Gasteiger partial charge in [-0.3, -0.25) is 9.00 Å². The number of rotatable bonds is 4. The van der Waals surface area contributed by atoms with Crippen molar-refractivity contribution in [2.24, 2.45) is 0 Å². The number of benzene rings is 1. The Labute approximate surface area is 115 Å². The van der Waals surface area contributed by atoms with Gasteiger partial charge in [0.25, 0.3) is 0 Å². The Bertz CT molecular complexity index is 454. The lowest BCUT2D eigenvalue weighted by Gasteiger charge is -2.25. The molecule has 1 aromatic carbocycles. The Balaban J connectivity index is 1.83. The summed E-state index contributed by atoms with van der Waals surface area (Å²) in [6.45, 7) is 2.40. The van der Waals surface area contributed by atoms with E-state index in [0.717, 1.165) is 31.1 Å². The number of carbonyl (C=O) groups excluding carboxylic acids is 1. The summed E-state index contributed by atoms with van der Waals surface area (Å²) in [7, 11) is -0.658. The number of Topliss-reactive ketones (excluding diaryl/α,β-unsaturated/α-hetero) is 1. The van der Waals surface area contributed by atoms with E-state index >= 15 is 0 Å². The number of hydrogen-bond acceptors (Lipinski definition) is 3. The van der Waals surface area contributed by atoms with Gasteiger partial charge in [0.15, 0.2) is 5.78 Å². The largest absolute Gasteiger partial charge is 0.301 e. The number of carbonyl (C=O) groups is 1. The van der Waals surface area contributed by atoms with E-state index in [1.165, 1.54) is 0 Å². The van der Waals surface area contributed by atoms with Crippen molar-refractivity contribution in [3.63, 3.8) is 0 Å². The van der Waals surface area contributed by atoms with Crippen molar-refractivity contribution < 1.29 is 9.00 Å². The van der Waals surface area contributed by atoms with Crippen LogP contribution in [0, 0.1) is 0 Å². The molecule has 1 heterocycles. The van der Waals surface area contributed by atoms with Crippen LogP contribution >= 0.6 is 11.6 Å². The Morgan fingerprint density at radius 3 is 2.72 bits per heavy atom. The minimum absolute atomic E-state index is 0.115. The first-order valence-electron chi connectivity index (χ1n) is 6.01. The maximum atomic E-state index is 12.0. The fourth-order valence-electron chi connectivity index (χ4n) is 1.97. The Kier molecular flexibility index (Phi) is 4.92.